The van der Waals surface area contributed by atoms with Gasteiger partial charge in [-0.2, -0.15) is 0 Å². The maximum atomic E-state index is 14.8. The van der Waals surface area contributed by atoms with Crippen LogP contribution in [0.1, 0.15) is 24.9 Å². The van der Waals surface area contributed by atoms with Gasteiger partial charge in [0.05, 0.1) is 17.4 Å². The minimum absolute atomic E-state index is 0.111. The molecule has 7 nitrogen and oxygen atoms in total. The standard InChI is InChI=1S/C17H22F2N4O3/c1-2-21-15(10-3-5-20-9-10)11-8-14-12(7-13(11)19)16(24)23(26)17(25)22(14)6-4-18/h7-8,10,15,20-21,26H,2-6,9H2,1H3. The van der Waals surface area contributed by atoms with Gasteiger partial charge in [0.2, 0.25) is 0 Å². The third-order valence-electron chi connectivity index (χ3n) is 4.88. The number of nitrogens with zero attached hydrogens (tertiary/aromatic N) is 2. The first-order chi connectivity index (χ1) is 12.5. The fourth-order valence-corrected chi connectivity index (χ4v) is 3.64. The fraction of sp³-hybridized carbons (Fsp3) is 0.529. The second-order valence-electron chi connectivity index (χ2n) is 6.42. The molecule has 1 aromatic carbocycles. The highest BCUT2D eigenvalue weighted by Crippen LogP contribution is 2.30. The summed E-state index contributed by atoms with van der Waals surface area (Å²) >= 11 is 0. The molecule has 2 unspecified atom stereocenters. The van der Waals surface area contributed by atoms with Gasteiger partial charge in [0.25, 0.3) is 5.56 Å². The van der Waals surface area contributed by atoms with Gasteiger partial charge in [-0.1, -0.05) is 11.7 Å². The molecule has 0 saturated carbocycles. The van der Waals surface area contributed by atoms with E-state index in [-0.39, 0.29) is 34.1 Å². The number of fused-ring (bicyclic) bond motifs is 1. The van der Waals surface area contributed by atoms with Gasteiger partial charge in [-0.05, 0) is 44.1 Å². The van der Waals surface area contributed by atoms with Crippen LogP contribution in [0.25, 0.3) is 10.9 Å². The molecule has 1 aliphatic heterocycles. The zero-order valence-electron chi connectivity index (χ0n) is 14.5. The summed E-state index contributed by atoms with van der Waals surface area (Å²) in [5, 5.41) is 16.0. The van der Waals surface area contributed by atoms with Gasteiger partial charge in [-0.25, -0.2) is 13.6 Å². The lowest BCUT2D eigenvalue weighted by Gasteiger charge is -2.25. The minimum Gasteiger partial charge on any atom is -0.421 e. The van der Waals surface area contributed by atoms with Gasteiger partial charge in [0.1, 0.15) is 12.5 Å². The van der Waals surface area contributed by atoms with Crippen molar-refractivity contribution in [1.29, 1.82) is 0 Å². The molecule has 1 saturated heterocycles. The molecule has 1 aromatic heterocycles. The van der Waals surface area contributed by atoms with Gasteiger partial charge in [0, 0.05) is 11.6 Å². The Kier molecular flexibility index (Phi) is 5.38. The van der Waals surface area contributed by atoms with E-state index in [9.17, 15) is 23.6 Å². The topological polar surface area (TPSA) is 88.3 Å². The van der Waals surface area contributed by atoms with Crippen molar-refractivity contribution in [1.82, 2.24) is 19.9 Å². The van der Waals surface area contributed by atoms with Crippen LogP contribution in [0, 0.1) is 11.7 Å². The second kappa shape index (κ2) is 7.55. The van der Waals surface area contributed by atoms with Crippen LogP contribution in [0.3, 0.4) is 0 Å². The predicted octanol–water partition coefficient (Wildman–Crippen LogP) is 0.769. The minimum atomic E-state index is -1.04. The molecular formula is C17H22F2N4O3. The highest BCUT2D eigenvalue weighted by molar-refractivity contribution is 5.79. The summed E-state index contributed by atoms with van der Waals surface area (Å²) in [5.74, 6) is -0.445. The Morgan fingerprint density at radius 2 is 2.19 bits per heavy atom. The monoisotopic (exact) mass is 368 g/mol. The molecule has 0 spiro atoms. The molecule has 2 aromatic rings. The number of hydrogen-bond donors (Lipinski definition) is 3. The first-order valence-corrected chi connectivity index (χ1v) is 8.67. The number of aryl methyl sites for hydroxylation is 1. The Morgan fingerprint density at radius 1 is 1.42 bits per heavy atom. The normalized spacial score (nSPS) is 18.5. The molecule has 3 rings (SSSR count). The summed E-state index contributed by atoms with van der Waals surface area (Å²) in [6, 6.07) is 2.14. The Bertz CT molecular complexity index is 919. The van der Waals surface area contributed by atoms with Crippen LogP contribution in [0.15, 0.2) is 21.7 Å². The molecular weight excluding hydrogens is 346 g/mol. The van der Waals surface area contributed by atoms with Gasteiger partial charge in [-0.15, -0.1) is 0 Å². The van der Waals surface area contributed by atoms with Gasteiger partial charge >= 0.3 is 5.69 Å². The fourth-order valence-electron chi connectivity index (χ4n) is 3.64. The maximum absolute atomic E-state index is 14.8. The van der Waals surface area contributed by atoms with Crippen molar-refractivity contribution in [2.45, 2.75) is 25.9 Å². The van der Waals surface area contributed by atoms with Crippen LogP contribution in [-0.4, -0.2) is 40.8 Å². The summed E-state index contributed by atoms with van der Waals surface area (Å²) in [7, 11) is 0. The lowest BCUT2D eigenvalue weighted by molar-refractivity contribution is 0.156. The van der Waals surface area contributed by atoms with Gasteiger partial charge in [-0.3, -0.25) is 9.36 Å². The molecule has 3 N–H and O–H groups in total. The molecule has 9 heteroatoms. The van der Waals surface area contributed by atoms with E-state index in [2.05, 4.69) is 10.6 Å². The number of alkyl halides is 1. The van der Waals surface area contributed by atoms with Crippen LogP contribution in [-0.2, 0) is 6.54 Å². The van der Waals surface area contributed by atoms with Crippen molar-refractivity contribution in [2.24, 2.45) is 5.92 Å². The van der Waals surface area contributed by atoms with E-state index < -0.39 is 23.7 Å². The van der Waals surface area contributed by atoms with Crippen molar-refractivity contribution in [3.8, 4) is 0 Å². The SMILES string of the molecule is CCNC(c1cc2c(cc1F)c(=O)n(O)c(=O)n2CCF)C1CCNC1. The first kappa shape index (κ1) is 18.5. The van der Waals surface area contributed by atoms with Crippen LogP contribution >= 0.6 is 0 Å². The van der Waals surface area contributed by atoms with Gasteiger partial charge < -0.3 is 15.8 Å². The number of rotatable bonds is 6. The van der Waals surface area contributed by atoms with Crippen molar-refractivity contribution in [2.75, 3.05) is 26.3 Å². The van der Waals surface area contributed by atoms with E-state index in [0.29, 0.717) is 12.1 Å². The summed E-state index contributed by atoms with van der Waals surface area (Å²) in [4.78, 5) is 24.3. The third-order valence-corrected chi connectivity index (χ3v) is 4.88. The molecule has 1 aliphatic rings. The summed E-state index contributed by atoms with van der Waals surface area (Å²) in [6.45, 7) is 2.90. The number of nitrogens with one attached hydrogen (secondary N) is 2. The molecule has 0 amide bonds. The van der Waals surface area contributed by atoms with Crippen LogP contribution < -0.4 is 21.9 Å². The van der Waals surface area contributed by atoms with E-state index in [4.69, 9.17) is 0 Å². The number of benzene rings is 1. The first-order valence-electron chi connectivity index (χ1n) is 8.67. The Labute approximate surface area is 148 Å². The molecule has 0 bridgehead atoms. The lowest BCUT2D eigenvalue weighted by atomic mass is 9.91. The van der Waals surface area contributed by atoms with E-state index in [1.165, 1.54) is 6.07 Å². The summed E-state index contributed by atoms with van der Waals surface area (Å²) in [5.41, 5.74) is -1.61. The van der Waals surface area contributed by atoms with E-state index in [1.807, 2.05) is 6.92 Å². The zero-order chi connectivity index (χ0) is 18.8. The molecule has 26 heavy (non-hydrogen) atoms. The van der Waals surface area contributed by atoms with Crippen LogP contribution in [0.4, 0.5) is 8.78 Å². The van der Waals surface area contributed by atoms with E-state index in [1.54, 1.807) is 0 Å². The Morgan fingerprint density at radius 3 is 2.81 bits per heavy atom. The number of aromatic nitrogens is 2. The number of halogens is 2. The molecule has 1 fully saturated rings. The van der Waals surface area contributed by atoms with E-state index >= 15 is 0 Å². The van der Waals surface area contributed by atoms with Crippen molar-refractivity contribution in [3.05, 3.63) is 44.4 Å². The van der Waals surface area contributed by atoms with Crippen molar-refractivity contribution in [3.63, 3.8) is 0 Å². The zero-order valence-corrected chi connectivity index (χ0v) is 14.5. The molecule has 0 aliphatic carbocycles. The van der Waals surface area contributed by atoms with E-state index in [0.717, 1.165) is 30.1 Å². The van der Waals surface area contributed by atoms with Crippen LogP contribution in [0.2, 0.25) is 0 Å². The molecule has 2 atom stereocenters. The predicted molar refractivity (Wildman–Crippen MR) is 93.0 cm³/mol. The third kappa shape index (κ3) is 3.12. The largest absolute Gasteiger partial charge is 0.421 e. The molecule has 142 valence electrons. The number of hydrogen-bond acceptors (Lipinski definition) is 5. The van der Waals surface area contributed by atoms with Crippen molar-refractivity contribution < 1.29 is 14.0 Å². The maximum Gasteiger partial charge on any atom is 0.365 e. The lowest BCUT2D eigenvalue weighted by Crippen LogP contribution is -2.39. The average Bonchev–Trinajstić information content (AvgIpc) is 3.16. The van der Waals surface area contributed by atoms with Crippen molar-refractivity contribution >= 4 is 10.9 Å². The molecule has 0 radical (unpaired) electrons. The highest BCUT2D eigenvalue weighted by Gasteiger charge is 2.28. The summed E-state index contributed by atoms with van der Waals surface area (Å²) < 4.78 is 28.6. The second-order valence-corrected chi connectivity index (χ2v) is 6.42. The quantitative estimate of drug-likeness (QED) is 0.656. The molecule has 2 heterocycles. The van der Waals surface area contributed by atoms with Gasteiger partial charge in [0.15, 0.2) is 0 Å². The summed E-state index contributed by atoms with van der Waals surface area (Å²) in [6.07, 6.45) is 0.866. The Hall–Kier alpha value is -2.26. The smallest absolute Gasteiger partial charge is 0.365 e. The Balaban J connectivity index is 2.25. The highest BCUT2D eigenvalue weighted by atomic mass is 19.1. The average molecular weight is 368 g/mol. The van der Waals surface area contributed by atoms with Crippen LogP contribution in [0.5, 0.6) is 0 Å².